The average Bonchev–Trinajstić information content (AvgIpc) is 2.99. The summed E-state index contributed by atoms with van der Waals surface area (Å²) < 4.78 is 0. The number of aromatic nitrogens is 2. The zero-order valence-corrected chi connectivity index (χ0v) is 10.5. The number of rotatable bonds is 3. The van der Waals surface area contributed by atoms with Crippen molar-refractivity contribution in [3.8, 4) is 10.7 Å². The van der Waals surface area contributed by atoms with Gasteiger partial charge in [-0.1, -0.05) is 0 Å². The van der Waals surface area contributed by atoms with E-state index in [1.807, 2.05) is 5.51 Å². The Bertz CT molecular complexity index is 444. The van der Waals surface area contributed by atoms with Crippen LogP contribution in [0.4, 0.5) is 0 Å². The van der Waals surface area contributed by atoms with Crippen LogP contribution < -0.4 is 5.32 Å². The number of hydrogen-bond acceptors (Lipinski definition) is 5. The molecule has 1 fully saturated rings. The SMILES string of the molecule is c1nc(-c2nc(CC3CCCN3)cs2)cs1. The van der Waals surface area contributed by atoms with Gasteiger partial charge in [0.1, 0.15) is 10.7 Å². The van der Waals surface area contributed by atoms with Gasteiger partial charge in [0, 0.05) is 23.2 Å². The van der Waals surface area contributed by atoms with Crippen molar-refractivity contribution < 1.29 is 0 Å². The molecule has 1 unspecified atom stereocenters. The summed E-state index contributed by atoms with van der Waals surface area (Å²) in [5.74, 6) is 0. The summed E-state index contributed by atoms with van der Waals surface area (Å²) in [6.07, 6.45) is 3.64. The molecular formula is C11H13N3S2. The van der Waals surface area contributed by atoms with Crippen LogP contribution in [0.15, 0.2) is 16.3 Å². The van der Waals surface area contributed by atoms with Gasteiger partial charge in [-0.05, 0) is 19.4 Å². The van der Waals surface area contributed by atoms with Crippen LogP contribution in [-0.4, -0.2) is 22.6 Å². The van der Waals surface area contributed by atoms with E-state index >= 15 is 0 Å². The molecule has 3 rings (SSSR count). The lowest BCUT2D eigenvalue weighted by Gasteiger charge is -2.06. The van der Waals surface area contributed by atoms with Crippen LogP contribution in [0.5, 0.6) is 0 Å². The Balaban J connectivity index is 1.72. The van der Waals surface area contributed by atoms with Crippen LogP contribution in [0.2, 0.25) is 0 Å². The molecule has 0 radical (unpaired) electrons. The van der Waals surface area contributed by atoms with Gasteiger partial charge in [0.15, 0.2) is 0 Å². The van der Waals surface area contributed by atoms with Gasteiger partial charge in [-0.25, -0.2) is 9.97 Å². The molecule has 2 aromatic rings. The van der Waals surface area contributed by atoms with Gasteiger partial charge in [0.05, 0.1) is 11.2 Å². The molecule has 1 aliphatic heterocycles. The Morgan fingerprint density at radius 3 is 3.19 bits per heavy atom. The standard InChI is InChI=1S/C11H13N3S2/c1-2-8(12-3-1)4-9-5-16-11(14-9)10-6-15-7-13-10/h5-8,12H,1-4H2. The molecule has 3 heterocycles. The van der Waals surface area contributed by atoms with E-state index in [1.54, 1.807) is 22.7 Å². The average molecular weight is 251 g/mol. The summed E-state index contributed by atoms with van der Waals surface area (Å²) in [4.78, 5) is 8.92. The van der Waals surface area contributed by atoms with Gasteiger partial charge < -0.3 is 5.32 Å². The molecule has 3 nitrogen and oxygen atoms in total. The van der Waals surface area contributed by atoms with Crippen molar-refractivity contribution in [3.63, 3.8) is 0 Å². The van der Waals surface area contributed by atoms with Gasteiger partial charge in [-0.3, -0.25) is 0 Å². The minimum absolute atomic E-state index is 0.630. The van der Waals surface area contributed by atoms with Crippen LogP contribution in [0.25, 0.3) is 10.7 Å². The monoisotopic (exact) mass is 251 g/mol. The molecule has 1 aliphatic rings. The number of nitrogens with one attached hydrogen (secondary N) is 1. The van der Waals surface area contributed by atoms with Gasteiger partial charge >= 0.3 is 0 Å². The topological polar surface area (TPSA) is 37.8 Å². The molecule has 1 saturated heterocycles. The van der Waals surface area contributed by atoms with E-state index < -0.39 is 0 Å². The van der Waals surface area contributed by atoms with Gasteiger partial charge in [-0.2, -0.15) is 0 Å². The second kappa shape index (κ2) is 4.61. The third-order valence-electron chi connectivity index (χ3n) is 2.82. The van der Waals surface area contributed by atoms with Crippen LogP contribution in [0.3, 0.4) is 0 Å². The lowest BCUT2D eigenvalue weighted by molar-refractivity contribution is 0.597. The summed E-state index contributed by atoms with van der Waals surface area (Å²) in [6, 6.07) is 0.630. The molecular weight excluding hydrogens is 238 g/mol. The Hall–Kier alpha value is -0.780. The molecule has 0 saturated carbocycles. The zero-order chi connectivity index (χ0) is 10.8. The lowest BCUT2D eigenvalue weighted by Crippen LogP contribution is -2.23. The Morgan fingerprint density at radius 2 is 2.44 bits per heavy atom. The molecule has 1 N–H and O–H groups in total. The second-order valence-electron chi connectivity index (χ2n) is 4.02. The van der Waals surface area contributed by atoms with Crippen molar-refractivity contribution in [2.75, 3.05) is 6.54 Å². The Morgan fingerprint density at radius 1 is 1.44 bits per heavy atom. The predicted octanol–water partition coefficient (Wildman–Crippen LogP) is 2.56. The Labute approximate surface area is 103 Å². The highest BCUT2D eigenvalue weighted by Gasteiger charge is 2.16. The van der Waals surface area contributed by atoms with Gasteiger partial charge in [0.25, 0.3) is 0 Å². The van der Waals surface area contributed by atoms with Crippen molar-refractivity contribution in [2.24, 2.45) is 0 Å². The van der Waals surface area contributed by atoms with Crippen molar-refractivity contribution in [1.29, 1.82) is 0 Å². The van der Waals surface area contributed by atoms with Crippen LogP contribution in [-0.2, 0) is 6.42 Å². The maximum atomic E-state index is 4.64. The predicted molar refractivity (Wildman–Crippen MR) is 68.0 cm³/mol. The van der Waals surface area contributed by atoms with E-state index in [0.29, 0.717) is 6.04 Å². The van der Waals surface area contributed by atoms with Gasteiger partial charge in [0.2, 0.25) is 0 Å². The highest BCUT2D eigenvalue weighted by Crippen LogP contribution is 2.24. The zero-order valence-electron chi connectivity index (χ0n) is 8.85. The largest absolute Gasteiger partial charge is 0.314 e. The lowest BCUT2D eigenvalue weighted by atomic mass is 10.1. The van der Waals surface area contributed by atoms with Crippen molar-refractivity contribution in [3.05, 3.63) is 22.0 Å². The normalized spacial score (nSPS) is 20.4. The molecule has 0 amide bonds. The molecule has 2 aromatic heterocycles. The first-order chi connectivity index (χ1) is 7.92. The quantitative estimate of drug-likeness (QED) is 0.911. The molecule has 84 valence electrons. The van der Waals surface area contributed by atoms with E-state index in [4.69, 9.17) is 0 Å². The van der Waals surface area contributed by atoms with Crippen LogP contribution in [0, 0.1) is 0 Å². The highest BCUT2D eigenvalue weighted by atomic mass is 32.1. The number of thiazole rings is 2. The van der Waals surface area contributed by atoms with Gasteiger partial charge in [-0.15, -0.1) is 22.7 Å². The smallest absolute Gasteiger partial charge is 0.142 e. The fourth-order valence-electron chi connectivity index (χ4n) is 2.02. The Kier molecular flexibility index (Phi) is 2.99. The molecule has 0 aromatic carbocycles. The summed E-state index contributed by atoms with van der Waals surface area (Å²) >= 11 is 3.32. The van der Waals surface area contributed by atoms with Crippen molar-refractivity contribution >= 4 is 22.7 Å². The maximum absolute atomic E-state index is 4.64. The first-order valence-electron chi connectivity index (χ1n) is 5.48. The molecule has 0 aliphatic carbocycles. The van der Waals surface area contributed by atoms with Crippen molar-refractivity contribution in [1.82, 2.24) is 15.3 Å². The first-order valence-corrected chi connectivity index (χ1v) is 7.30. The van der Waals surface area contributed by atoms with E-state index in [0.717, 1.165) is 23.7 Å². The number of hydrogen-bond donors (Lipinski definition) is 1. The first kappa shape index (κ1) is 10.4. The maximum Gasteiger partial charge on any atom is 0.142 e. The van der Waals surface area contributed by atoms with Crippen LogP contribution >= 0.6 is 22.7 Å². The second-order valence-corrected chi connectivity index (χ2v) is 5.59. The van der Waals surface area contributed by atoms with Crippen LogP contribution in [0.1, 0.15) is 18.5 Å². The van der Waals surface area contributed by atoms with Crippen molar-refractivity contribution in [2.45, 2.75) is 25.3 Å². The fraction of sp³-hybridized carbons (Fsp3) is 0.455. The minimum Gasteiger partial charge on any atom is -0.314 e. The number of nitrogens with zero attached hydrogens (tertiary/aromatic N) is 2. The third kappa shape index (κ3) is 2.16. The molecule has 0 bridgehead atoms. The van der Waals surface area contributed by atoms with E-state index in [2.05, 4.69) is 26.0 Å². The molecule has 16 heavy (non-hydrogen) atoms. The van der Waals surface area contributed by atoms with E-state index in [1.165, 1.54) is 18.5 Å². The third-order valence-corrected chi connectivity index (χ3v) is 4.32. The summed E-state index contributed by atoms with van der Waals surface area (Å²) in [7, 11) is 0. The summed E-state index contributed by atoms with van der Waals surface area (Å²) in [5, 5.41) is 8.76. The minimum atomic E-state index is 0.630. The van der Waals surface area contributed by atoms with E-state index in [-0.39, 0.29) is 0 Å². The molecule has 1 atom stereocenters. The molecule has 5 heteroatoms. The summed E-state index contributed by atoms with van der Waals surface area (Å²) in [6.45, 7) is 1.16. The summed E-state index contributed by atoms with van der Waals surface area (Å²) in [5.41, 5.74) is 4.07. The highest BCUT2D eigenvalue weighted by molar-refractivity contribution is 7.13. The van der Waals surface area contributed by atoms with E-state index in [9.17, 15) is 0 Å². The fourth-order valence-corrected chi connectivity index (χ4v) is 3.43. The molecule has 0 spiro atoms.